The number of piperidine rings is 1. The van der Waals surface area contributed by atoms with Crippen LogP contribution in [-0.4, -0.2) is 56.8 Å². The van der Waals surface area contributed by atoms with E-state index in [2.05, 4.69) is 38.7 Å². The Labute approximate surface area is 209 Å². The van der Waals surface area contributed by atoms with Gasteiger partial charge in [0.2, 0.25) is 0 Å². The molecule has 7 atom stereocenters. The molecular formula is C29H43NO5. The molecule has 1 spiro atoms. The average Bonchev–Trinajstić information content (AvgIpc) is 3.54. The van der Waals surface area contributed by atoms with Gasteiger partial charge in [-0.15, -0.1) is 0 Å². The lowest BCUT2D eigenvalue weighted by Crippen LogP contribution is -2.79. The van der Waals surface area contributed by atoms with Crippen molar-refractivity contribution in [3.05, 3.63) is 23.3 Å². The lowest BCUT2D eigenvalue weighted by Gasteiger charge is -2.71. The highest BCUT2D eigenvalue weighted by atomic mass is 17.1. The van der Waals surface area contributed by atoms with E-state index < -0.39 is 22.7 Å². The molecule has 35 heavy (non-hydrogen) atoms. The summed E-state index contributed by atoms with van der Waals surface area (Å²) in [4.78, 5) is 8.21. The molecule has 0 radical (unpaired) electrons. The molecule has 194 valence electrons. The van der Waals surface area contributed by atoms with Crippen LogP contribution in [0.4, 0.5) is 0 Å². The summed E-state index contributed by atoms with van der Waals surface area (Å²) in [5.74, 6) is 1.17. The van der Waals surface area contributed by atoms with Crippen LogP contribution < -0.4 is 4.74 Å². The van der Waals surface area contributed by atoms with Crippen LogP contribution in [0.5, 0.6) is 11.5 Å². The van der Waals surface area contributed by atoms with Crippen molar-refractivity contribution in [2.24, 2.45) is 22.7 Å². The maximum atomic E-state index is 12.1. The van der Waals surface area contributed by atoms with Gasteiger partial charge in [0, 0.05) is 29.5 Å². The van der Waals surface area contributed by atoms with Crippen molar-refractivity contribution < 1.29 is 25.1 Å². The van der Waals surface area contributed by atoms with Gasteiger partial charge in [-0.25, -0.2) is 4.89 Å². The lowest BCUT2D eigenvalue weighted by molar-refractivity contribution is -0.393. The van der Waals surface area contributed by atoms with Gasteiger partial charge < -0.3 is 14.9 Å². The van der Waals surface area contributed by atoms with Crippen LogP contribution >= 0.6 is 0 Å². The summed E-state index contributed by atoms with van der Waals surface area (Å²) in [6.45, 7) is 14.4. The van der Waals surface area contributed by atoms with Crippen LogP contribution in [0.1, 0.15) is 84.8 Å². The zero-order chi connectivity index (χ0) is 25.2. The van der Waals surface area contributed by atoms with Gasteiger partial charge in [0.25, 0.3) is 0 Å². The van der Waals surface area contributed by atoms with Gasteiger partial charge >= 0.3 is 0 Å². The third-order valence-corrected chi connectivity index (χ3v) is 11.5. The van der Waals surface area contributed by atoms with E-state index in [4.69, 9.17) is 9.62 Å². The molecule has 3 fully saturated rings. The standard InChI is InChI=1S/C29H43NO5/c1-7-28-15-20(27(6,32)25(2,3)4)26(5,35-33)24-29(28)12-13-30(16-17-8-9-17)21(28)14-18-10-11-19(31)23(34-24)22(18)29/h10-11,17,20-21,24,31-33H,7-9,12-16H2,1-6H3/t20-,21+,24-,26+,27-,28+,29-/m0/s1. The van der Waals surface area contributed by atoms with E-state index in [-0.39, 0.29) is 22.5 Å². The molecule has 5 aliphatic rings. The van der Waals surface area contributed by atoms with Crippen LogP contribution in [0.3, 0.4) is 0 Å². The molecule has 0 unspecified atom stereocenters. The minimum atomic E-state index is -1.14. The molecule has 0 amide bonds. The number of aliphatic hydroxyl groups is 1. The first kappa shape index (κ1) is 24.0. The number of rotatable bonds is 5. The third-order valence-electron chi connectivity index (χ3n) is 11.5. The van der Waals surface area contributed by atoms with E-state index in [0.29, 0.717) is 11.8 Å². The summed E-state index contributed by atoms with van der Waals surface area (Å²) in [5.41, 5.74) is -0.832. The van der Waals surface area contributed by atoms with Gasteiger partial charge in [-0.2, -0.15) is 0 Å². The summed E-state index contributed by atoms with van der Waals surface area (Å²) in [5, 5.41) is 33.7. The van der Waals surface area contributed by atoms with E-state index in [1.807, 2.05) is 13.8 Å². The number of phenols is 1. The molecule has 2 aliphatic heterocycles. The summed E-state index contributed by atoms with van der Waals surface area (Å²) in [6.07, 6.45) is 5.68. The van der Waals surface area contributed by atoms with Crippen molar-refractivity contribution in [2.75, 3.05) is 13.1 Å². The Balaban J connectivity index is 1.61. The van der Waals surface area contributed by atoms with Crippen molar-refractivity contribution in [2.45, 2.75) is 109 Å². The van der Waals surface area contributed by atoms with E-state index in [1.54, 1.807) is 6.07 Å². The zero-order valence-corrected chi connectivity index (χ0v) is 22.2. The predicted molar refractivity (Wildman–Crippen MR) is 134 cm³/mol. The minimum absolute atomic E-state index is 0.158. The SMILES string of the molecule is CC[C@]12C[C@H]([C@](C)(O)C(C)(C)C)[C@@](C)(OO)[C@@H]3Oc4c(O)ccc5c4[C@@]31CCN(CC1CC1)[C@@H]2C5. The fourth-order valence-corrected chi connectivity index (χ4v) is 9.02. The highest BCUT2D eigenvalue weighted by Gasteiger charge is 2.79. The fourth-order valence-electron chi connectivity index (χ4n) is 9.02. The Hall–Kier alpha value is -1.34. The van der Waals surface area contributed by atoms with Crippen LogP contribution in [-0.2, 0) is 16.7 Å². The molecule has 1 saturated heterocycles. The van der Waals surface area contributed by atoms with Gasteiger partial charge in [-0.05, 0) is 87.3 Å². The first-order valence-electron chi connectivity index (χ1n) is 13.7. The summed E-state index contributed by atoms with van der Waals surface area (Å²) in [7, 11) is 0. The number of benzene rings is 1. The number of aromatic hydroxyl groups is 1. The average molecular weight is 486 g/mol. The number of nitrogens with zero attached hydrogens (tertiary/aromatic N) is 1. The van der Waals surface area contributed by atoms with Crippen LogP contribution in [0.15, 0.2) is 12.1 Å². The minimum Gasteiger partial charge on any atom is -0.504 e. The summed E-state index contributed by atoms with van der Waals surface area (Å²) >= 11 is 0. The number of likely N-dealkylation sites (tertiary alicyclic amines) is 1. The van der Waals surface area contributed by atoms with E-state index >= 15 is 0 Å². The molecule has 6 nitrogen and oxygen atoms in total. The van der Waals surface area contributed by atoms with Crippen molar-refractivity contribution in [1.82, 2.24) is 4.90 Å². The summed E-state index contributed by atoms with van der Waals surface area (Å²) in [6, 6.07) is 4.18. The predicted octanol–water partition coefficient (Wildman–Crippen LogP) is 4.89. The second-order valence-electron chi connectivity index (χ2n) is 13.8. The zero-order valence-electron chi connectivity index (χ0n) is 22.2. The van der Waals surface area contributed by atoms with Gasteiger partial charge in [-0.3, -0.25) is 10.2 Å². The second kappa shape index (κ2) is 7.15. The van der Waals surface area contributed by atoms with Crippen molar-refractivity contribution in [3.8, 4) is 11.5 Å². The van der Waals surface area contributed by atoms with Crippen LogP contribution in [0.25, 0.3) is 0 Å². The Morgan fingerprint density at radius 2 is 1.91 bits per heavy atom. The molecular weight excluding hydrogens is 442 g/mol. The molecule has 0 aromatic heterocycles. The quantitative estimate of drug-likeness (QED) is 0.407. The highest BCUT2D eigenvalue weighted by molar-refractivity contribution is 5.62. The molecule has 2 heterocycles. The number of hydrogen-bond acceptors (Lipinski definition) is 6. The van der Waals surface area contributed by atoms with E-state index in [1.165, 1.54) is 18.4 Å². The highest BCUT2D eigenvalue weighted by Crippen LogP contribution is 2.74. The van der Waals surface area contributed by atoms with Gasteiger partial charge in [0.1, 0.15) is 11.7 Å². The monoisotopic (exact) mass is 485 g/mol. The first-order chi connectivity index (χ1) is 16.4. The fraction of sp³-hybridized carbons (Fsp3) is 0.793. The van der Waals surface area contributed by atoms with Gasteiger partial charge in [0.05, 0.1) is 5.60 Å². The molecule has 3 aliphatic carbocycles. The number of ether oxygens (including phenoxy) is 1. The van der Waals surface area contributed by atoms with E-state index in [9.17, 15) is 15.5 Å². The normalized spacial score (nSPS) is 41.8. The van der Waals surface area contributed by atoms with Crippen LogP contribution in [0, 0.1) is 22.7 Å². The topological polar surface area (TPSA) is 82.4 Å². The molecule has 2 saturated carbocycles. The number of phenolic OH excluding ortho intramolecular Hbond substituents is 1. The van der Waals surface area contributed by atoms with Crippen molar-refractivity contribution >= 4 is 0 Å². The lowest BCUT2D eigenvalue weighted by atomic mass is 9.37. The van der Waals surface area contributed by atoms with Gasteiger partial charge in [-0.1, -0.05) is 33.8 Å². The largest absolute Gasteiger partial charge is 0.504 e. The molecule has 2 bridgehead atoms. The van der Waals surface area contributed by atoms with Gasteiger partial charge in [0.15, 0.2) is 11.5 Å². The Bertz CT molecular complexity index is 1040. The molecule has 1 aromatic rings. The molecule has 1 aromatic carbocycles. The maximum absolute atomic E-state index is 12.1. The second-order valence-corrected chi connectivity index (χ2v) is 13.8. The number of hydrogen-bond donors (Lipinski definition) is 3. The van der Waals surface area contributed by atoms with Crippen molar-refractivity contribution in [3.63, 3.8) is 0 Å². The Morgan fingerprint density at radius 1 is 1.20 bits per heavy atom. The first-order valence-corrected chi connectivity index (χ1v) is 13.7. The van der Waals surface area contributed by atoms with Crippen molar-refractivity contribution in [1.29, 1.82) is 0 Å². The Morgan fingerprint density at radius 3 is 2.51 bits per heavy atom. The summed E-state index contributed by atoms with van der Waals surface area (Å²) < 4.78 is 6.74. The maximum Gasteiger partial charge on any atom is 0.165 e. The molecule has 3 N–H and O–H groups in total. The smallest absolute Gasteiger partial charge is 0.165 e. The molecule has 6 rings (SSSR count). The molecule has 6 heteroatoms. The third kappa shape index (κ3) is 2.75. The van der Waals surface area contributed by atoms with E-state index in [0.717, 1.165) is 50.3 Å². The Kier molecular flexibility index (Phi) is 4.91. The van der Waals surface area contributed by atoms with Crippen LogP contribution in [0.2, 0.25) is 0 Å².